The maximum atomic E-state index is 12.4. The van der Waals surface area contributed by atoms with Crippen LogP contribution in [0.2, 0.25) is 0 Å². The van der Waals surface area contributed by atoms with Crippen molar-refractivity contribution in [2.24, 2.45) is 5.92 Å². The molecule has 39 heavy (non-hydrogen) atoms. The van der Waals surface area contributed by atoms with Gasteiger partial charge in [-0.05, 0) is 38.0 Å². The van der Waals surface area contributed by atoms with E-state index in [1.807, 2.05) is 6.08 Å². The second-order valence-corrected chi connectivity index (χ2v) is 12.4. The van der Waals surface area contributed by atoms with Crippen molar-refractivity contribution in [3.63, 3.8) is 0 Å². The van der Waals surface area contributed by atoms with Crippen molar-refractivity contribution in [2.45, 2.75) is 206 Å². The maximum absolute atomic E-state index is 12.4. The van der Waals surface area contributed by atoms with Crippen LogP contribution < -0.4 is 0 Å². The molecule has 1 unspecified atom stereocenters. The van der Waals surface area contributed by atoms with Gasteiger partial charge in [-0.25, -0.2) is 0 Å². The molecule has 0 N–H and O–H groups in total. The molecule has 1 atom stereocenters. The highest BCUT2D eigenvalue weighted by Gasteiger charge is 2.12. The zero-order valence-corrected chi connectivity index (χ0v) is 27.1. The lowest BCUT2D eigenvalue weighted by molar-refractivity contribution is -0.145. The van der Waals surface area contributed by atoms with E-state index in [1.165, 1.54) is 167 Å². The predicted molar refractivity (Wildman–Crippen MR) is 175 cm³/mol. The van der Waals surface area contributed by atoms with E-state index >= 15 is 0 Å². The number of hydrogen-bond donors (Lipinski definition) is 0. The number of hydrogen-bond acceptors (Lipinski definition) is 2. The minimum Gasteiger partial charge on any atom is -0.465 e. The van der Waals surface area contributed by atoms with Gasteiger partial charge in [-0.1, -0.05) is 174 Å². The molecule has 2 heteroatoms. The van der Waals surface area contributed by atoms with E-state index in [0.717, 1.165) is 19.3 Å². The zero-order valence-electron chi connectivity index (χ0n) is 27.1. The van der Waals surface area contributed by atoms with E-state index in [4.69, 9.17) is 4.74 Å². The molecule has 0 saturated carbocycles. The van der Waals surface area contributed by atoms with Crippen LogP contribution in [0.3, 0.4) is 0 Å². The van der Waals surface area contributed by atoms with E-state index in [9.17, 15) is 4.79 Å². The van der Waals surface area contributed by atoms with Crippen LogP contribution in [0.1, 0.15) is 206 Å². The first-order chi connectivity index (χ1) is 19.2. The van der Waals surface area contributed by atoms with Crippen molar-refractivity contribution < 1.29 is 9.53 Å². The second kappa shape index (κ2) is 33.4. The van der Waals surface area contributed by atoms with E-state index in [-0.39, 0.29) is 5.97 Å². The summed E-state index contributed by atoms with van der Waals surface area (Å²) < 4.78 is 5.79. The number of unbranched alkanes of at least 4 members (excludes halogenated alkanes) is 24. The Balaban J connectivity index is 4.00. The Morgan fingerprint density at radius 2 is 0.897 bits per heavy atom. The van der Waals surface area contributed by atoms with Crippen LogP contribution in [0, 0.1) is 5.92 Å². The summed E-state index contributed by atoms with van der Waals surface area (Å²) >= 11 is 0. The number of rotatable bonds is 33. The van der Waals surface area contributed by atoms with Crippen LogP contribution in [0.25, 0.3) is 0 Å². The largest absolute Gasteiger partial charge is 0.465 e. The number of carbonyl (C=O) groups excluding carboxylic acids is 1. The first-order valence-corrected chi connectivity index (χ1v) is 18.0. The Kier molecular flexibility index (Phi) is 32.7. The van der Waals surface area contributed by atoms with Crippen LogP contribution >= 0.6 is 0 Å². The van der Waals surface area contributed by atoms with E-state index in [2.05, 4.69) is 20.4 Å². The number of carbonyl (C=O) groups is 1. The Morgan fingerprint density at radius 3 is 1.31 bits per heavy atom. The molecular weight excluding hydrogens is 476 g/mol. The first kappa shape index (κ1) is 38.2. The third kappa shape index (κ3) is 31.6. The second-order valence-electron chi connectivity index (χ2n) is 12.4. The SMILES string of the molecule is C=CCCCCCCCCC(=O)OCC(CCCCCCCCCC)CCCCCCCCCCCCCC. The Hall–Kier alpha value is -0.790. The molecule has 0 rings (SSSR count). The Labute approximate surface area is 246 Å². The lowest BCUT2D eigenvalue weighted by Gasteiger charge is -2.17. The molecule has 0 aromatic heterocycles. The van der Waals surface area contributed by atoms with Gasteiger partial charge in [0.2, 0.25) is 0 Å². The van der Waals surface area contributed by atoms with Gasteiger partial charge in [-0.3, -0.25) is 4.79 Å². The lowest BCUT2D eigenvalue weighted by atomic mass is 9.94. The van der Waals surface area contributed by atoms with Crippen LogP contribution in [0.15, 0.2) is 12.7 Å². The molecule has 0 saturated heterocycles. The standard InChI is InChI=1S/C37H72O2/c1-4-7-10-13-16-19-20-21-22-24-27-30-33-36(32-29-26-23-17-14-11-8-5-2)35-39-37(38)34-31-28-25-18-15-12-9-6-3/h6,36H,3-5,7-35H2,1-2H3. The Morgan fingerprint density at radius 1 is 0.538 bits per heavy atom. The highest BCUT2D eigenvalue weighted by atomic mass is 16.5. The fraction of sp³-hybridized carbons (Fsp3) is 0.919. The number of allylic oxidation sites excluding steroid dienone is 1. The third-order valence-corrected chi connectivity index (χ3v) is 8.45. The summed E-state index contributed by atoms with van der Waals surface area (Å²) in [6.45, 7) is 9.03. The average molecular weight is 549 g/mol. The minimum atomic E-state index is 0.0391. The quantitative estimate of drug-likeness (QED) is 0.0463. The predicted octanol–water partition coefficient (Wildman–Crippen LogP) is 13.1. The number of ether oxygens (including phenoxy) is 1. The van der Waals surface area contributed by atoms with Crippen molar-refractivity contribution in [3.05, 3.63) is 12.7 Å². The molecule has 0 aromatic rings. The molecular formula is C37H72O2. The van der Waals surface area contributed by atoms with Gasteiger partial charge in [0.25, 0.3) is 0 Å². The van der Waals surface area contributed by atoms with Gasteiger partial charge >= 0.3 is 5.97 Å². The molecule has 0 fully saturated rings. The van der Waals surface area contributed by atoms with E-state index in [0.29, 0.717) is 18.9 Å². The fourth-order valence-corrected chi connectivity index (χ4v) is 5.70. The highest BCUT2D eigenvalue weighted by molar-refractivity contribution is 5.69. The lowest BCUT2D eigenvalue weighted by Crippen LogP contribution is -2.14. The van der Waals surface area contributed by atoms with Gasteiger partial charge < -0.3 is 4.74 Å². The smallest absolute Gasteiger partial charge is 0.305 e. The average Bonchev–Trinajstić information content (AvgIpc) is 2.94. The summed E-state index contributed by atoms with van der Waals surface area (Å²) in [5.41, 5.74) is 0. The van der Waals surface area contributed by atoms with Gasteiger partial charge in [-0.2, -0.15) is 0 Å². The van der Waals surface area contributed by atoms with Crippen LogP contribution in [0.5, 0.6) is 0 Å². The van der Waals surface area contributed by atoms with Crippen LogP contribution in [-0.4, -0.2) is 12.6 Å². The summed E-state index contributed by atoms with van der Waals surface area (Å²) in [5, 5.41) is 0. The third-order valence-electron chi connectivity index (χ3n) is 8.45. The van der Waals surface area contributed by atoms with Gasteiger partial charge in [0.15, 0.2) is 0 Å². The van der Waals surface area contributed by atoms with E-state index in [1.54, 1.807) is 0 Å². The van der Waals surface area contributed by atoms with Crippen molar-refractivity contribution in [3.8, 4) is 0 Å². The molecule has 0 amide bonds. The molecule has 2 nitrogen and oxygen atoms in total. The molecule has 0 aliphatic heterocycles. The van der Waals surface area contributed by atoms with Gasteiger partial charge in [0.1, 0.15) is 0 Å². The highest BCUT2D eigenvalue weighted by Crippen LogP contribution is 2.21. The molecule has 0 heterocycles. The molecule has 0 aliphatic carbocycles. The normalized spacial score (nSPS) is 12.1. The van der Waals surface area contributed by atoms with Gasteiger partial charge in [0, 0.05) is 6.42 Å². The van der Waals surface area contributed by atoms with Crippen molar-refractivity contribution in [1.29, 1.82) is 0 Å². The molecule has 232 valence electrons. The van der Waals surface area contributed by atoms with Crippen molar-refractivity contribution in [2.75, 3.05) is 6.61 Å². The molecule has 0 aliphatic rings. The molecule has 0 aromatic carbocycles. The summed E-state index contributed by atoms with van der Waals surface area (Å²) in [6, 6.07) is 0. The fourth-order valence-electron chi connectivity index (χ4n) is 5.70. The van der Waals surface area contributed by atoms with E-state index < -0.39 is 0 Å². The Bertz CT molecular complexity index is 486. The molecule has 0 radical (unpaired) electrons. The van der Waals surface area contributed by atoms with Gasteiger partial charge in [0.05, 0.1) is 6.61 Å². The van der Waals surface area contributed by atoms with Crippen LogP contribution in [-0.2, 0) is 9.53 Å². The minimum absolute atomic E-state index is 0.0391. The first-order valence-electron chi connectivity index (χ1n) is 18.0. The van der Waals surface area contributed by atoms with Crippen molar-refractivity contribution >= 4 is 5.97 Å². The molecule has 0 spiro atoms. The van der Waals surface area contributed by atoms with Gasteiger partial charge in [-0.15, -0.1) is 6.58 Å². The number of esters is 1. The summed E-state index contributed by atoms with van der Waals surface area (Å²) in [7, 11) is 0. The van der Waals surface area contributed by atoms with Crippen molar-refractivity contribution in [1.82, 2.24) is 0 Å². The molecule has 0 bridgehead atoms. The summed E-state index contributed by atoms with van der Waals surface area (Å²) in [6.07, 6.45) is 41.2. The topological polar surface area (TPSA) is 26.3 Å². The zero-order chi connectivity index (χ0) is 28.5. The monoisotopic (exact) mass is 549 g/mol. The van der Waals surface area contributed by atoms with Crippen LogP contribution in [0.4, 0.5) is 0 Å². The summed E-state index contributed by atoms with van der Waals surface area (Å²) in [4.78, 5) is 12.4. The maximum Gasteiger partial charge on any atom is 0.305 e. The summed E-state index contributed by atoms with van der Waals surface area (Å²) in [5.74, 6) is 0.610.